The van der Waals surface area contributed by atoms with E-state index in [0.29, 0.717) is 6.61 Å². The Balaban J connectivity index is 1.48. The molecule has 0 N–H and O–H groups in total. The van der Waals surface area contributed by atoms with Gasteiger partial charge in [0.2, 0.25) is 0 Å². The van der Waals surface area contributed by atoms with Crippen LogP contribution in [0.1, 0.15) is 115 Å². The van der Waals surface area contributed by atoms with Gasteiger partial charge < -0.3 is 9.47 Å². The number of rotatable bonds is 19. The highest BCUT2D eigenvalue weighted by atomic mass is 16.5. The lowest BCUT2D eigenvalue weighted by molar-refractivity contribution is -0.145. The lowest BCUT2D eigenvalue weighted by Gasteiger charge is -2.13. The summed E-state index contributed by atoms with van der Waals surface area (Å²) in [6, 6.07) is 12.1. The van der Waals surface area contributed by atoms with Gasteiger partial charge in [-0.05, 0) is 67.5 Å². The number of hydrogen-bond donors (Lipinski definition) is 0. The smallest absolute Gasteiger partial charge is 0.313 e. The maximum Gasteiger partial charge on any atom is 0.313 e. The molecular formula is C32H48O3. The minimum absolute atomic E-state index is 0.134. The van der Waals surface area contributed by atoms with Gasteiger partial charge in [-0.25, -0.2) is 0 Å². The molecule has 0 aromatic heterocycles. The fourth-order valence-electron chi connectivity index (χ4n) is 4.42. The van der Waals surface area contributed by atoms with Crippen molar-refractivity contribution in [2.24, 2.45) is 0 Å². The van der Waals surface area contributed by atoms with Crippen molar-refractivity contribution in [3.05, 3.63) is 54.1 Å². The zero-order valence-electron chi connectivity index (χ0n) is 22.5. The molecule has 0 bridgehead atoms. The van der Waals surface area contributed by atoms with Crippen LogP contribution in [0.4, 0.5) is 0 Å². The Morgan fingerprint density at radius 1 is 0.771 bits per heavy atom. The minimum Gasteiger partial charge on any atom is -0.497 e. The summed E-state index contributed by atoms with van der Waals surface area (Å²) in [6.07, 6.45) is 22.7. The summed E-state index contributed by atoms with van der Waals surface area (Å²) >= 11 is 0. The topological polar surface area (TPSA) is 35.5 Å². The molecule has 2 rings (SSSR count). The van der Waals surface area contributed by atoms with E-state index in [-0.39, 0.29) is 11.9 Å². The number of allylic oxidation sites excluding steroid dienone is 2. The Kier molecular flexibility index (Phi) is 14.9. The van der Waals surface area contributed by atoms with E-state index in [4.69, 9.17) is 9.47 Å². The zero-order valence-corrected chi connectivity index (χ0v) is 22.5. The summed E-state index contributed by atoms with van der Waals surface area (Å²) in [5, 5.41) is 2.22. The van der Waals surface area contributed by atoms with E-state index in [9.17, 15) is 4.79 Å². The van der Waals surface area contributed by atoms with Crippen LogP contribution >= 0.6 is 0 Å². The van der Waals surface area contributed by atoms with Crippen LogP contribution in [-0.4, -0.2) is 19.7 Å². The number of hydrogen-bond acceptors (Lipinski definition) is 3. The number of methoxy groups -OCH3 is 1. The molecule has 3 heteroatoms. The third-order valence-electron chi connectivity index (χ3n) is 6.83. The first-order chi connectivity index (χ1) is 17.2. The van der Waals surface area contributed by atoms with Crippen LogP contribution in [0.5, 0.6) is 5.75 Å². The molecule has 0 aliphatic rings. The number of benzene rings is 2. The number of unbranched alkanes of at least 4 members (excludes halogenated alkanes) is 12. The number of carbonyl (C=O) groups excluding carboxylic acids is 1. The largest absolute Gasteiger partial charge is 0.497 e. The number of ether oxygens (including phenoxy) is 2. The van der Waals surface area contributed by atoms with Gasteiger partial charge in [-0.2, -0.15) is 0 Å². The highest BCUT2D eigenvalue weighted by molar-refractivity contribution is 5.86. The van der Waals surface area contributed by atoms with Gasteiger partial charge in [-0.3, -0.25) is 4.79 Å². The average Bonchev–Trinajstić information content (AvgIpc) is 2.89. The molecule has 0 unspecified atom stereocenters. The highest BCUT2D eigenvalue weighted by Gasteiger charge is 2.17. The molecule has 0 fully saturated rings. The van der Waals surface area contributed by atoms with Crippen LogP contribution in [0, 0.1) is 0 Å². The monoisotopic (exact) mass is 480 g/mol. The Bertz CT molecular complexity index is 870. The highest BCUT2D eigenvalue weighted by Crippen LogP contribution is 2.26. The van der Waals surface area contributed by atoms with E-state index in [0.717, 1.165) is 34.9 Å². The van der Waals surface area contributed by atoms with Crippen molar-refractivity contribution in [3.8, 4) is 5.75 Å². The molecule has 1 atom stereocenters. The molecule has 2 aromatic rings. The van der Waals surface area contributed by atoms with Crippen molar-refractivity contribution in [2.45, 2.75) is 110 Å². The van der Waals surface area contributed by atoms with E-state index >= 15 is 0 Å². The average molecular weight is 481 g/mol. The van der Waals surface area contributed by atoms with Crippen LogP contribution in [0.3, 0.4) is 0 Å². The summed E-state index contributed by atoms with van der Waals surface area (Å²) in [5.74, 6) is 0.453. The third-order valence-corrected chi connectivity index (χ3v) is 6.83. The molecule has 2 aromatic carbocycles. The molecule has 0 saturated carbocycles. The number of carbonyl (C=O) groups is 1. The standard InChI is InChI=1S/C32H48O3/c1-4-5-6-7-8-9-10-11-12-13-14-15-16-17-18-19-24-35-32(33)27(2)28-20-21-30-26-31(34-3)23-22-29(30)25-28/h11-12,20-23,25-27H,4-10,13-19,24H2,1-3H3/t27-/m0/s1. The van der Waals surface area contributed by atoms with Crippen LogP contribution < -0.4 is 4.74 Å². The van der Waals surface area contributed by atoms with E-state index < -0.39 is 0 Å². The van der Waals surface area contributed by atoms with Crippen molar-refractivity contribution in [1.82, 2.24) is 0 Å². The SMILES string of the molecule is CCCCCCCCC=CCCCCCCCCOC(=O)[C@@H](C)c1ccc2cc(OC)ccc2c1. The second kappa shape index (κ2) is 18.0. The van der Waals surface area contributed by atoms with Crippen LogP contribution in [0.2, 0.25) is 0 Å². The third kappa shape index (κ3) is 11.8. The van der Waals surface area contributed by atoms with Gasteiger partial charge in [0.1, 0.15) is 5.75 Å². The zero-order chi connectivity index (χ0) is 25.1. The first kappa shape index (κ1) is 28.9. The first-order valence-electron chi connectivity index (χ1n) is 14.0. The summed E-state index contributed by atoms with van der Waals surface area (Å²) in [7, 11) is 1.67. The summed E-state index contributed by atoms with van der Waals surface area (Å²) < 4.78 is 10.8. The molecule has 0 radical (unpaired) electrons. The van der Waals surface area contributed by atoms with Gasteiger partial charge in [-0.1, -0.05) is 101 Å². The van der Waals surface area contributed by atoms with Gasteiger partial charge >= 0.3 is 5.97 Å². The van der Waals surface area contributed by atoms with Crippen molar-refractivity contribution in [2.75, 3.05) is 13.7 Å². The molecule has 3 nitrogen and oxygen atoms in total. The van der Waals surface area contributed by atoms with E-state index in [2.05, 4.69) is 25.1 Å². The quantitative estimate of drug-likeness (QED) is 0.114. The van der Waals surface area contributed by atoms with E-state index in [1.165, 1.54) is 77.0 Å². The van der Waals surface area contributed by atoms with Crippen LogP contribution in [0.15, 0.2) is 48.6 Å². The van der Waals surface area contributed by atoms with Gasteiger partial charge in [-0.15, -0.1) is 0 Å². The maximum atomic E-state index is 12.5. The van der Waals surface area contributed by atoms with Gasteiger partial charge in [0.15, 0.2) is 0 Å². The maximum absolute atomic E-state index is 12.5. The second-order valence-corrected chi connectivity index (χ2v) is 9.80. The van der Waals surface area contributed by atoms with Crippen molar-refractivity contribution in [1.29, 1.82) is 0 Å². The minimum atomic E-state index is -0.254. The van der Waals surface area contributed by atoms with E-state index in [1.807, 2.05) is 37.3 Å². The summed E-state index contributed by atoms with van der Waals surface area (Å²) in [5.41, 5.74) is 0.994. The Morgan fingerprint density at radius 3 is 2.00 bits per heavy atom. The van der Waals surface area contributed by atoms with Crippen LogP contribution in [0.25, 0.3) is 10.8 Å². The van der Waals surface area contributed by atoms with Crippen molar-refractivity contribution in [3.63, 3.8) is 0 Å². The summed E-state index contributed by atoms with van der Waals surface area (Å²) in [4.78, 5) is 12.5. The normalized spacial score (nSPS) is 12.3. The lowest BCUT2D eigenvalue weighted by atomic mass is 9.98. The predicted molar refractivity (Wildman–Crippen MR) is 149 cm³/mol. The molecule has 0 aliphatic heterocycles. The summed E-state index contributed by atoms with van der Waals surface area (Å²) in [6.45, 7) is 4.72. The Hall–Kier alpha value is -2.29. The Labute approximate surface area is 214 Å². The predicted octanol–water partition coefficient (Wildman–Crippen LogP) is 9.53. The van der Waals surface area contributed by atoms with Crippen LogP contribution in [-0.2, 0) is 9.53 Å². The molecule has 0 spiro atoms. The molecular weight excluding hydrogens is 432 g/mol. The molecule has 194 valence electrons. The molecule has 0 saturated heterocycles. The lowest BCUT2D eigenvalue weighted by Crippen LogP contribution is -2.14. The van der Waals surface area contributed by atoms with Gasteiger partial charge in [0.05, 0.1) is 19.6 Å². The fourth-order valence-corrected chi connectivity index (χ4v) is 4.42. The van der Waals surface area contributed by atoms with Crippen molar-refractivity contribution < 1.29 is 14.3 Å². The van der Waals surface area contributed by atoms with Crippen molar-refractivity contribution >= 4 is 16.7 Å². The number of fused-ring (bicyclic) bond motifs is 1. The van der Waals surface area contributed by atoms with Gasteiger partial charge in [0, 0.05) is 0 Å². The Morgan fingerprint density at radius 2 is 1.34 bits per heavy atom. The number of esters is 1. The molecule has 0 aliphatic carbocycles. The van der Waals surface area contributed by atoms with E-state index in [1.54, 1.807) is 7.11 Å². The fraction of sp³-hybridized carbons (Fsp3) is 0.594. The molecule has 0 heterocycles. The molecule has 0 amide bonds. The second-order valence-electron chi connectivity index (χ2n) is 9.80. The van der Waals surface area contributed by atoms with Gasteiger partial charge in [0.25, 0.3) is 0 Å². The molecule has 35 heavy (non-hydrogen) atoms. The first-order valence-corrected chi connectivity index (χ1v) is 14.0.